The minimum absolute atomic E-state index is 0.155. The molecule has 4 heteroatoms. The number of rotatable bonds is 7. The summed E-state index contributed by atoms with van der Waals surface area (Å²) in [5, 5.41) is 0. The third kappa shape index (κ3) is 4.61. The predicted octanol–water partition coefficient (Wildman–Crippen LogP) is 7.37. The van der Waals surface area contributed by atoms with Gasteiger partial charge >= 0.3 is 0 Å². The number of hydrogen-bond donors (Lipinski definition) is 0. The lowest BCUT2D eigenvalue weighted by atomic mass is 9.47. The van der Waals surface area contributed by atoms with Crippen molar-refractivity contribution in [2.24, 2.45) is 46.3 Å². The molecule has 8 atom stereocenters. The standard InChI is InChI=1S/C28H48O3S/c1-19(2)8-7-9-20(3)24-12-13-25-23-11-10-21-18-22(31-32(6,29)30)14-16-27(21,4)26(23)15-17-28(24,25)5/h10,19-20,22-26H,7-9,11-18H2,1-6H3/t20-,22+,23?,24?,25+,26-,27?,28?/m1/s1. The van der Waals surface area contributed by atoms with Gasteiger partial charge in [0.15, 0.2) is 0 Å². The highest BCUT2D eigenvalue weighted by Gasteiger charge is 2.59. The molecule has 3 saturated carbocycles. The van der Waals surface area contributed by atoms with Gasteiger partial charge in [-0.15, -0.1) is 0 Å². The minimum atomic E-state index is -3.38. The molecule has 0 radical (unpaired) electrons. The predicted molar refractivity (Wildman–Crippen MR) is 133 cm³/mol. The van der Waals surface area contributed by atoms with Gasteiger partial charge in [0.25, 0.3) is 10.1 Å². The largest absolute Gasteiger partial charge is 0.267 e. The summed E-state index contributed by atoms with van der Waals surface area (Å²) >= 11 is 0. The topological polar surface area (TPSA) is 43.4 Å². The van der Waals surface area contributed by atoms with Gasteiger partial charge in [-0.3, -0.25) is 4.18 Å². The smallest absolute Gasteiger partial charge is 0.264 e. The van der Waals surface area contributed by atoms with E-state index in [9.17, 15) is 8.42 Å². The van der Waals surface area contributed by atoms with Gasteiger partial charge in [-0.2, -0.15) is 8.42 Å². The molecule has 0 aromatic heterocycles. The molecule has 4 aliphatic rings. The number of allylic oxidation sites excluding steroid dienone is 1. The Bertz CT molecular complexity index is 815. The van der Waals surface area contributed by atoms with Crippen LogP contribution in [0.25, 0.3) is 0 Å². The molecule has 4 unspecified atom stereocenters. The van der Waals surface area contributed by atoms with Gasteiger partial charge in [-0.05, 0) is 97.7 Å². The van der Waals surface area contributed by atoms with Crippen molar-refractivity contribution in [3.63, 3.8) is 0 Å². The van der Waals surface area contributed by atoms with Crippen molar-refractivity contribution in [3.8, 4) is 0 Å². The highest BCUT2D eigenvalue weighted by Crippen LogP contribution is 2.67. The Labute approximate surface area is 198 Å². The maximum atomic E-state index is 11.7. The van der Waals surface area contributed by atoms with Crippen LogP contribution in [0.4, 0.5) is 0 Å². The Kier molecular flexibility index (Phi) is 6.98. The summed E-state index contributed by atoms with van der Waals surface area (Å²) in [7, 11) is -3.38. The molecular formula is C28H48O3S. The van der Waals surface area contributed by atoms with Crippen LogP contribution in [0, 0.1) is 46.3 Å². The van der Waals surface area contributed by atoms with E-state index in [1.165, 1.54) is 63.2 Å². The first kappa shape index (κ1) is 24.8. The summed E-state index contributed by atoms with van der Waals surface area (Å²) in [6.07, 6.45) is 17.3. The molecule has 0 bridgehead atoms. The van der Waals surface area contributed by atoms with E-state index >= 15 is 0 Å². The van der Waals surface area contributed by atoms with E-state index in [0.717, 1.165) is 54.8 Å². The van der Waals surface area contributed by atoms with Crippen LogP contribution >= 0.6 is 0 Å². The molecule has 0 spiro atoms. The second-order valence-corrected chi connectivity index (χ2v) is 14.6. The van der Waals surface area contributed by atoms with Crippen molar-refractivity contribution in [1.82, 2.24) is 0 Å². The van der Waals surface area contributed by atoms with E-state index in [2.05, 4.69) is 40.7 Å². The molecule has 0 saturated heterocycles. The lowest BCUT2D eigenvalue weighted by molar-refractivity contribution is -0.0556. The van der Waals surface area contributed by atoms with Crippen LogP contribution < -0.4 is 0 Å². The Morgan fingerprint density at radius 3 is 2.47 bits per heavy atom. The SMILES string of the molecule is CC(C)CCC[C@@H](C)C1CC[C@H]2C3CC=C4C[C@@H](OS(C)(=O)=O)CCC4(C)[C@@H]3CCC12C. The van der Waals surface area contributed by atoms with Crippen LogP contribution in [-0.4, -0.2) is 20.8 Å². The van der Waals surface area contributed by atoms with E-state index in [4.69, 9.17) is 4.18 Å². The van der Waals surface area contributed by atoms with E-state index in [1.807, 2.05) is 0 Å². The zero-order chi connectivity index (χ0) is 23.3. The lowest BCUT2D eigenvalue weighted by Crippen LogP contribution is -2.51. The van der Waals surface area contributed by atoms with Crippen LogP contribution in [0.3, 0.4) is 0 Å². The molecule has 4 rings (SSSR count). The van der Waals surface area contributed by atoms with E-state index < -0.39 is 10.1 Å². The third-order valence-electron chi connectivity index (χ3n) is 10.6. The molecule has 184 valence electrons. The van der Waals surface area contributed by atoms with Crippen molar-refractivity contribution >= 4 is 10.1 Å². The second-order valence-electron chi connectivity index (χ2n) is 13.0. The van der Waals surface area contributed by atoms with Gasteiger partial charge in [0.05, 0.1) is 12.4 Å². The van der Waals surface area contributed by atoms with Crippen LogP contribution in [-0.2, 0) is 14.3 Å². The molecule has 0 aliphatic heterocycles. The summed E-state index contributed by atoms with van der Waals surface area (Å²) in [4.78, 5) is 0. The summed E-state index contributed by atoms with van der Waals surface area (Å²) in [6.45, 7) is 12.4. The van der Waals surface area contributed by atoms with Gasteiger partial charge < -0.3 is 0 Å². The van der Waals surface area contributed by atoms with E-state index in [0.29, 0.717) is 5.41 Å². The minimum Gasteiger partial charge on any atom is -0.267 e. The van der Waals surface area contributed by atoms with Gasteiger partial charge in [-0.25, -0.2) is 0 Å². The first-order valence-electron chi connectivity index (χ1n) is 13.5. The summed E-state index contributed by atoms with van der Waals surface area (Å²) in [6, 6.07) is 0. The monoisotopic (exact) mass is 464 g/mol. The van der Waals surface area contributed by atoms with Crippen LogP contribution in [0.1, 0.15) is 105 Å². The van der Waals surface area contributed by atoms with Crippen molar-refractivity contribution < 1.29 is 12.6 Å². The fraction of sp³-hybridized carbons (Fsp3) is 0.929. The van der Waals surface area contributed by atoms with Crippen LogP contribution in [0.5, 0.6) is 0 Å². The lowest BCUT2D eigenvalue weighted by Gasteiger charge is -2.58. The quantitative estimate of drug-likeness (QED) is 0.292. The van der Waals surface area contributed by atoms with Gasteiger partial charge in [0.1, 0.15) is 0 Å². The van der Waals surface area contributed by atoms with Crippen molar-refractivity contribution in [1.29, 1.82) is 0 Å². The Morgan fingerprint density at radius 1 is 1.03 bits per heavy atom. The average Bonchev–Trinajstić information content (AvgIpc) is 3.04. The van der Waals surface area contributed by atoms with Crippen molar-refractivity contribution in [2.75, 3.05) is 6.26 Å². The Morgan fingerprint density at radius 2 is 1.78 bits per heavy atom. The van der Waals surface area contributed by atoms with Crippen LogP contribution in [0.2, 0.25) is 0 Å². The van der Waals surface area contributed by atoms with E-state index in [-0.39, 0.29) is 11.5 Å². The summed E-state index contributed by atoms with van der Waals surface area (Å²) < 4.78 is 28.8. The molecule has 32 heavy (non-hydrogen) atoms. The highest BCUT2D eigenvalue weighted by molar-refractivity contribution is 7.86. The molecule has 0 aromatic carbocycles. The summed E-state index contributed by atoms with van der Waals surface area (Å²) in [5.74, 6) is 5.05. The second kappa shape index (κ2) is 9.02. The first-order valence-corrected chi connectivity index (χ1v) is 15.3. The molecule has 0 amide bonds. The van der Waals surface area contributed by atoms with Gasteiger partial charge in [0, 0.05) is 0 Å². The molecule has 4 aliphatic carbocycles. The molecular weight excluding hydrogens is 416 g/mol. The van der Waals surface area contributed by atoms with Gasteiger partial charge in [-0.1, -0.05) is 65.5 Å². The fourth-order valence-electron chi connectivity index (χ4n) is 8.98. The molecule has 0 heterocycles. The normalized spacial score (nSPS) is 42.7. The zero-order valence-electron chi connectivity index (χ0n) is 21.5. The van der Waals surface area contributed by atoms with E-state index in [1.54, 1.807) is 0 Å². The number of hydrogen-bond acceptors (Lipinski definition) is 3. The van der Waals surface area contributed by atoms with Gasteiger partial charge in [0.2, 0.25) is 0 Å². The zero-order valence-corrected chi connectivity index (χ0v) is 22.3. The Balaban J connectivity index is 1.47. The third-order valence-corrected chi connectivity index (χ3v) is 11.2. The number of fused-ring (bicyclic) bond motifs is 5. The molecule has 3 fully saturated rings. The first-order chi connectivity index (χ1) is 14.9. The van der Waals surface area contributed by atoms with Crippen molar-refractivity contribution in [3.05, 3.63) is 11.6 Å². The van der Waals surface area contributed by atoms with Crippen molar-refractivity contribution in [2.45, 2.75) is 111 Å². The Hall–Kier alpha value is -0.350. The molecule has 0 N–H and O–H groups in total. The maximum absolute atomic E-state index is 11.7. The highest BCUT2D eigenvalue weighted by atomic mass is 32.2. The van der Waals surface area contributed by atoms with Crippen LogP contribution in [0.15, 0.2) is 11.6 Å². The fourth-order valence-corrected chi connectivity index (χ4v) is 9.64. The summed E-state index contributed by atoms with van der Waals surface area (Å²) in [5.41, 5.74) is 2.28. The molecule has 3 nitrogen and oxygen atoms in total. The molecule has 0 aromatic rings. The average molecular weight is 465 g/mol. The maximum Gasteiger partial charge on any atom is 0.264 e.